The first-order chi connectivity index (χ1) is 15.8. The third-order valence-corrected chi connectivity index (χ3v) is 5.79. The number of hydrogen-bond donors (Lipinski definition) is 2. The van der Waals surface area contributed by atoms with Crippen LogP contribution < -0.4 is 5.73 Å². The van der Waals surface area contributed by atoms with Crippen LogP contribution in [0.2, 0.25) is 0 Å². The first kappa shape index (κ1) is 31.3. The summed E-state index contributed by atoms with van der Waals surface area (Å²) in [6.07, 6.45) is 18.2. The lowest BCUT2D eigenvalue weighted by atomic mass is 9.86. The van der Waals surface area contributed by atoms with Crippen LogP contribution in [0, 0.1) is 0 Å². The zero-order chi connectivity index (χ0) is 25.0. The summed E-state index contributed by atoms with van der Waals surface area (Å²) in [6, 6.07) is 0. The van der Waals surface area contributed by atoms with Crippen LogP contribution in [0.4, 0.5) is 0 Å². The third-order valence-electron chi connectivity index (χ3n) is 5.79. The van der Waals surface area contributed by atoms with E-state index in [1.165, 1.54) is 38.5 Å². The van der Waals surface area contributed by atoms with Crippen LogP contribution in [0.3, 0.4) is 0 Å². The molecule has 3 atom stereocenters. The van der Waals surface area contributed by atoms with Crippen molar-refractivity contribution in [3.63, 3.8) is 0 Å². The Balaban J connectivity index is 4.66. The Morgan fingerprint density at radius 2 is 1.55 bits per heavy atom. The maximum atomic E-state index is 12.5. The molecular formula is C27H49NO5. The number of carbonyl (C=O) groups is 2. The van der Waals surface area contributed by atoms with Crippen molar-refractivity contribution in [2.75, 3.05) is 6.61 Å². The first-order valence-corrected chi connectivity index (χ1v) is 12.9. The normalized spacial score (nSPS) is 15.2. The molecule has 0 heterocycles. The molecule has 0 saturated carbocycles. The summed E-state index contributed by atoms with van der Waals surface area (Å²) in [6.45, 7) is 9.11. The fourth-order valence-corrected chi connectivity index (χ4v) is 3.94. The molecule has 0 fully saturated rings. The molecule has 0 aliphatic heterocycles. The Kier molecular flexibility index (Phi) is 18.8. The fraction of sp³-hybridized carbons (Fsp3) is 0.778. The van der Waals surface area contributed by atoms with Crippen LogP contribution in [-0.2, 0) is 19.1 Å². The van der Waals surface area contributed by atoms with E-state index in [1.807, 2.05) is 6.92 Å². The minimum Gasteiger partial charge on any atom is -0.456 e. The number of aliphatic hydroxyl groups is 1. The number of ether oxygens (including phenoxy) is 2. The van der Waals surface area contributed by atoms with E-state index >= 15 is 0 Å². The van der Waals surface area contributed by atoms with Crippen LogP contribution in [-0.4, -0.2) is 41.4 Å². The van der Waals surface area contributed by atoms with Gasteiger partial charge in [0.25, 0.3) is 5.91 Å². The van der Waals surface area contributed by atoms with Crippen molar-refractivity contribution in [3.05, 3.63) is 24.8 Å². The minimum atomic E-state index is -1.46. The number of nitrogens with two attached hydrogens (primary N) is 1. The maximum Gasteiger partial charge on any atom is 0.330 e. The molecule has 0 aromatic rings. The van der Waals surface area contributed by atoms with Gasteiger partial charge in [-0.05, 0) is 51.9 Å². The van der Waals surface area contributed by atoms with Gasteiger partial charge in [0.05, 0.1) is 12.7 Å². The van der Waals surface area contributed by atoms with Gasteiger partial charge in [0.1, 0.15) is 6.10 Å². The monoisotopic (exact) mass is 467 g/mol. The summed E-state index contributed by atoms with van der Waals surface area (Å²) in [5, 5.41) is 9.67. The lowest BCUT2D eigenvalue weighted by molar-refractivity contribution is -0.185. The van der Waals surface area contributed by atoms with E-state index in [-0.39, 0.29) is 6.61 Å². The van der Waals surface area contributed by atoms with Gasteiger partial charge in [-0.2, -0.15) is 0 Å². The van der Waals surface area contributed by atoms with Crippen molar-refractivity contribution in [1.82, 2.24) is 0 Å². The van der Waals surface area contributed by atoms with Gasteiger partial charge in [0, 0.05) is 6.08 Å². The number of carbonyl (C=O) groups excluding carboxylic acids is 2. The largest absolute Gasteiger partial charge is 0.456 e. The number of rotatable bonds is 22. The van der Waals surface area contributed by atoms with Crippen molar-refractivity contribution in [3.8, 4) is 0 Å². The number of amides is 1. The van der Waals surface area contributed by atoms with Gasteiger partial charge in [-0.15, -0.1) is 0 Å². The molecule has 0 aromatic heterocycles. The van der Waals surface area contributed by atoms with Gasteiger partial charge >= 0.3 is 5.97 Å². The molecule has 0 radical (unpaired) electrons. The van der Waals surface area contributed by atoms with E-state index in [4.69, 9.17) is 15.2 Å². The number of primary amides is 1. The van der Waals surface area contributed by atoms with Crippen molar-refractivity contribution >= 4 is 11.9 Å². The summed E-state index contributed by atoms with van der Waals surface area (Å²) in [7, 11) is 0. The smallest absolute Gasteiger partial charge is 0.330 e. The lowest BCUT2D eigenvalue weighted by Gasteiger charge is -2.37. The lowest BCUT2D eigenvalue weighted by Crippen LogP contribution is -2.57. The van der Waals surface area contributed by atoms with E-state index in [9.17, 15) is 14.7 Å². The first-order valence-electron chi connectivity index (χ1n) is 12.9. The van der Waals surface area contributed by atoms with Crippen LogP contribution >= 0.6 is 0 Å². The number of hydrogen-bond acceptors (Lipinski definition) is 5. The molecule has 0 saturated heterocycles. The Labute approximate surface area is 202 Å². The van der Waals surface area contributed by atoms with Crippen molar-refractivity contribution in [2.24, 2.45) is 5.73 Å². The minimum absolute atomic E-state index is 0.0610. The Hall–Kier alpha value is -1.66. The van der Waals surface area contributed by atoms with E-state index in [0.717, 1.165) is 38.2 Å². The molecule has 6 nitrogen and oxygen atoms in total. The van der Waals surface area contributed by atoms with Crippen LogP contribution in [0.15, 0.2) is 24.8 Å². The molecule has 0 aromatic carbocycles. The second-order valence-electron chi connectivity index (χ2n) is 8.96. The average Bonchev–Trinajstić information content (AvgIpc) is 2.78. The number of aliphatic hydroxyl groups excluding tert-OH is 1. The molecule has 0 aliphatic carbocycles. The molecule has 0 rings (SSSR count). The molecule has 0 bridgehead atoms. The van der Waals surface area contributed by atoms with Gasteiger partial charge in [-0.3, -0.25) is 4.79 Å². The highest BCUT2D eigenvalue weighted by atomic mass is 16.6. The zero-order valence-corrected chi connectivity index (χ0v) is 21.4. The summed E-state index contributed by atoms with van der Waals surface area (Å²) >= 11 is 0. The molecule has 1 amide bonds. The highest BCUT2D eigenvalue weighted by Gasteiger charge is 2.47. The van der Waals surface area contributed by atoms with Crippen molar-refractivity contribution < 1.29 is 24.2 Å². The topological polar surface area (TPSA) is 98.8 Å². The highest BCUT2D eigenvalue weighted by Crippen LogP contribution is 2.30. The second-order valence-corrected chi connectivity index (χ2v) is 8.96. The molecule has 0 spiro atoms. The standard InChI is InChI=1S/C27H49NO5/c1-5-8-9-10-11-12-13-14-15-16-17-18-19-20-24(33-25(30)7-3)27(21-6-2,26(28)31)32-22-23(4)29/h7,14-15,23-24,29H,3,5-6,8-13,16-22H2,1-2,4H3,(H2,28,31)/b15-14-. The summed E-state index contributed by atoms with van der Waals surface area (Å²) < 4.78 is 11.4. The predicted octanol–water partition coefficient (Wildman–Crippen LogP) is 5.76. The van der Waals surface area contributed by atoms with Crippen LogP contribution in [0.5, 0.6) is 0 Å². The summed E-state index contributed by atoms with van der Waals surface area (Å²) in [4.78, 5) is 24.4. The van der Waals surface area contributed by atoms with E-state index in [2.05, 4.69) is 25.7 Å². The number of esters is 1. The van der Waals surface area contributed by atoms with Crippen molar-refractivity contribution in [2.45, 2.75) is 128 Å². The van der Waals surface area contributed by atoms with E-state index in [0.29, 0.717) is 19.3 Å². The summed E-state index contributed by atoms with van der Waals surface area (Å²) in [5.74, 6) is -1.29. The van der Waals surface area contributed by atoms with Gasteiger partial charge in [-0.1, -0.05) is 77.5 Å². The molecule has 3 unspecified atom stereocenters. The van der Waals surface area contributed by atoms with Crippen molar-refractivity contribution in [1.29, 1.82) is 0 Å². The highest BCUT2D eigenvalue weighted by molar-refractivity contribution is 5.86. The number of unbranched alkanes of at least 4 members (excludes halogenated alkanes) is 9. The van der Waals surface area contributed by atoms with Crippen LogP contribution in [0.1, 0.15) is 111 Å². The maximum absolute atomic E-state index is 12.5. The average molecular weight is 468 g/mol. The molecule has 33 heavy (non-hydrogen) atoms. The summed E-state index contributed by atoms with van der Waals surface area (Å²) in [5.41, 5.74) is 4.28. The molecule has 3 N–H and O–H groups in total. The van der Waals surface area contributed by atoms with Gasteiger partial charge in [-0.25, -0.2) is 4.79 Å². The fourth-order valence-electron chi connectivity index (χ4n) is 3.94. The Bertz CT molecular complexity index is 561. The van der Waals surface area contributed by atoms with E-state index < -0.39 is 29.7 Å². The third kappa shape index (κ3) is 14.3. The SMILES string of the molecule is C=CC(=O)OC(CCCCC/C=C\CCCCCCCC)C(CCC)(OCC(C)O)C(N)=O. The second kappa shape index (κ2) is 19.8. The van der Waals surface area contributed by atoms with Gasteiger partial charge in [0.15, 0.2) is 5.60 Å². The molecule has 0 aliphatic rings. The number of allylic oxidation sites excluding steroid dienone is 2. The van der Waals surface area contributed by atoms with Gasteiger partial charge in [0.2, 0.25) is 0 Å². The Morgan fingerprint density at radius 3 is 2.06 bits per heavy atom. The Morgan fingerprint density at radius 1 is 0.970 bits per heavy atom. The molecule has 192 valence electrons. The van der Waals surface area contributed by atoms with Crippen LogP contribution in [0.25, 0.3) is 0 Å². The molecular weight excluding hydrogens is 418 g/mol. The molecule has 6 heteroatoms. The van der Waals surface area contributed by atoms with Gasteiger partial charge < -0.3 is 20.3 Å². The zero-order valence-electron chi connectivity index (χ0n) is 21.4. The predicted molar refractivity (Wildman–Crippen MR) is 135 cm³/mol. The quantitative estimate of drug-likeness (QED) is 0.0912. The van der Waals surface area contributed by atoms with E-state index in [1.54, 1.807) is 6.92 Å².